The first-order chi connectivity index (χ1) is 46.7. The van der Waals surface area contributed by atoms with Crippen LogP contribution in [-0.2, 0) is 71.9 Å². The number of aliphatic hydroxyl groups is 1. The molecule has 0 bridgehead atoms. The molecule has 0 fully saturated rings. The molecule has 0 aromatic heterocycles. The van der Waals surface area contributed by atoms with E-state index in [0.717, 1.165) is 9.80 Å². The molecule has 0 aromatic carbocycles. The molecule has 0 saturated carbocycles. The maximum absolute atomic E-state index is 14.6. The molecule has 0 aliphatic heterocycles. The molecule has 0 unspecified atom stereocenters. The number of rotatable bonds is 45. The number of carboxylic acids is 1. The summed E-state index contributed by atoms with van der Waals surface area (Å²) in [6, 6.07) is -12.7. The third-order valence-corrected chi connectivity index (χ3v) is 18.7. The zero-order chi connectivity index (χ0) is 78.5. The minimum atomic E-state index is -1.50. The summed E-state index contributed by atoms with van der Waals surface area (Å²) >= 11 is 0. The number of carboxylic acid groups (broad SMARTS) is 1. The van der Waals surface area contributed by atoms with E-state index in [4.69, 9.17) is 4.74 Å². The molecule has 15 atom stereocenters. The van der Waals surface area contributed by atoms with Crippen LogP contribution >= 0.6 is 0 Å². The largest absolute Gasteiger partial charge is 0.480 e. The van der Waals surface area contributed by atoms with Gasteiger partial charge in [-0.1, -0.05) is 130 Å². The van der Waals surface area contributed by atoms with Crippen LogP contribution in [-0.4, -0.2) is 264 Å². The fourth-order valence-corrected chi connectivity index (χ4v) is 11.5. The van der Waals surface area contributed by atoms with Crippen molar-refractivity contribution < 1.29 is 82.1 Å². The van der Waals surface area contributed by atoms with Crippen molar-refractivity contribution in [1.82, 2.24) is 66.6 Å². The third-order valence-electron chi connectivity index (χ3n) is 18.7. The average Bonchev–Trinajstić information content (AvgIpc) is 0.836. The number of hydrogen-bond donors (Lipinski definition) is 9. The van der Waals surface area contributed by atoms with Crippen molar-refractivity contribution in [3.8, 4) is 0 Å². The maximum Gasteiger partial charge on any atom is 0.326 e. The zero-order valence-electron chi connectivity index (χ0n) is 65.5. The van der Waals surface area contributed by atoms with Crippen LogP contribution < -0.4 is 37.2 Å². The molecule has 9 N–H and O–H groups in total. The van der Waals surface area contributed by atoms with Gasteiger partial charge in [-0.25, -0.2) is 4.79 Å². The maximum atomic E-state index is 14.6. The summed E-state index contributed by atoms with van der Waals surface area (Å²) in [7, 11) is 9.79. The minimum Gasteiger partial charge on any atom is -0.480 e. The SMILES string of the molecule is CC[C@@H](C)[C@H](NC(=O)CCNC(=O)[C@H]([C@@H](C)CC)N(C)C(=O)[C@H](NC(=O)CCN(C)C(=O)[C@@H](NC(=O)[C@@H](CC(C)C)N(C)C(=O)[C@@H](NC(=O)COC)C(C)C)[C@@H](C)O)C(C)C)C(=O)N(C)[C@H](C(=O)N(C)[C@@H](C)C(=O)N[C@@H](C)C(=O)N[C@H](CC(C)C)C(=O)N(C)[C@H](CC(C)C)C(=O)O)[C@@H](C)CC. The van der Waals surface area contributed by atoms with Crippen molar-refractivity contribution in [2.45, 2.75) is 255 Å². The Balaban J connectivity index is 6.32. The Hall–Kier alpha value is -7.50. The molecule has 0 aliphatic carbocycles. The number of methoxy groups -OCH3 is 1. The van der Waals surface area contributed by atoms with Gasteiger partial charge >= 0.3 is 5.97 Å². The third kappa shape index (κ3) is 29.4. The van der Waals surface area contributed by atoms with Gasteiger partial charge in [0.25, 0.3) is 0 Å². The molecule has 0 radical (unpaired) electrons. The van der Waals surface area contributed by atoms with E-state index in [-0.39, 0.29) is 75.5 Å². The number of ether oxygens (including phenoxy) is 1. The van der Waals surface area contributed by atoms with Crippen molar-refractivity contribution in [2.24, 2.45) is 47.3 Å². The zero-order valence-corrected chi connectivity index (χ0v) is 65.5. The molecule has 0 aromatic rings. The number of carbonyl (C=O) groups excluding carboxylic acids is 13. The number of amides is 13. The molecule has 30 nitrogen and oxygen atoms in total. The summed E-state index contributed by atoms with van der Waals surface area (Å²) in [4.78, 5) is 200. The van der Waals surface area contributed by atoms with Crippen LogP contribution in [0.15, 0.2) is 0 Å². The van der Waals surface area contributed by atoms with E-state index in [2.05, 4.69) is 37.2 Å². The molecule has 0 saturated heterocycles. The number of aliphatic carboxylic acids is 1. The van der Waals surface area contributed by atoms with Gasteiger partial charge in [-0.15, -0.1) is 0 Å². The summed E-state index contributed by atoms with van der Waals surface area (Å²) in [5.74, 6) is -11.8. The monoisotopic (exact) mass is 1440 g/mol. The van der Waals surface area contributed by atoms with Crippen LogP contribution in [0.1, 0.15) is 183 Å². The van der Waals surface area contributed by atoms with Crippen LogP contribution in [0.3, 0.4) is 0 Å². The lowest BCUT2D eigenvalue weighted by molar-refractivity contribution is -0.151. The van der Waals surface area contributed by atoms with E-state index in [9.17, 15) is 77.3 Å². The molecular weight excluding hydrogens is 1310 g/mol. The lowest BCUT2D eigenvalue weighted by Gasteiger charge is -2.38. The van der Waals surface area contributed by atoms with Crippen molar-refractivity contribution in [2.75, 3.05) is 69.1 Å². The Labute approximate surface area is 601 Å². The van der Waals surface area contributed by atoms with E-state index in [1.54, 1.807) is 48.5 Å². The second-order valence-corrected chi connectivity index (χ2v) is 29.4. The molecule has 13 amide bonds. The Bertz CT molecular complexity index is 2770. The number of likely N-dealkylation sites (N-methyl/N-ethyl adjacent to an activating group) is 6. The summed E-state index contributed by atoms with van der Waals surface area (Å²) < 4.78 is 4.90. The van der Waals surface area contributed by atoms with Crippen LogP contribution in [0.25, 0.3) is 0 Å². The smallest absolute Gasteiger partial charge is 0.326 e. The number of nitrogens with zero attached hydrogens (tertiary/aromatic N) is 6. The summed E-state index contributed by atoms with van der Waals surface area (Å²) in [6.45, 7) is 32.2. The van der Waals surface area contributed by atoms with Gasteiger partial charge in [-0.3, -0.25) is 62.3 Å². The topological polar surface area (TPSA) is 392 Å². The molecule has 0 heterocycles. The second kappa shape index (κ2) is 44.8. The van der Waals surface area contributed by atoms with Crippen LogP contribution in [0, 0.1) is 47.3 Å². The normalized spacial score (nSPS) is 16.0. The molecule has 0 rings (SSSR count). The van der Waals surface area contributed by atoms with Crippen molar-refractivity contribution in [3.63, 3.8) is 0 Å². The highest BCUT2D eigenvalue weighted by molar-refractivity contribution is 5.98. The van der Waals surface area contributed by atoms with E-state index < -0.39 is 179 Å². The quantitative estimate of drug-likeness (QED) is 0.0422. The van der Waals surface area contributed by atoms with Gasteiger partial charge in [0.1, 0.15) is 73.1 Å². The van der Waals surface area contributed by atoms with Gasteiger partial charge in [0.05, 0.1) is 6.10 Å². The van der Waals surface area contributed by atoms with E-state index >= 15 is 0 Å². The first-order valence-electron chi connectivity index (χ1n) is 35.8. The fourth-order valence-electron chi connectivity index (χ4n) is 11.5. The molecule has 580 valence electrons. The van der Waals surface area contributed by atoms with Gasteiger partial charge in [-0.05, 0) is 87.4 Å². The van der Waals surface area contributed by atoms with Gasteiger partial charge in [0.2, 0.25) is 76.8 Å². The van der Waals surface area contributed by atoms with Crippen LogP contribution in [0.4, 0.5) is 0 Å². The number of aliphatic hydroxyl groups excluding tert-OH is 1. The molecule has 30 heteroatoms. The minimum absolute atomic E-state index is 0.0414. The molecule has 0 aliphatic rings. The Morgan fingerprint density at radius 3 is 1.31 bits per heavy atom. The standard InChI is InChI=1S/C71H129N13O17/c1-27-43(14)57(69(97)84(25)60(45(16)29-3)70(98)80(21)47(18)62(90)73-46(17)61(89)74-49(34-38(4)5)65(93)82(23)51(71(99)100)36-40(8)9)76-52(86)30-32-72-64(92)59(44(15)28-2)83(24)68(96)56(42(12)13)75-53(87)31-33-79(20)66(94)58(48(19)85)78-63(91)50(35-39(6)7)81(22)67(95)55(41(10)11)77-54(88)37-101-26/h38-51,55-60,85H,27-37H2,1-26H3,(H,72,92)(H,73,90)(H,74,89)(H,75,87)(H,76,86)(H,77,88)(H,78,91)(H,99,100)/t43-,44+,45+,46+,47+,48-,49-,50-,51-,55+,56-,57+,58+,59+,60+/m1/s1. The van der Waals surface area contributed by atoms with Crippen LogP contribution in [0.5, 0.6) is 0 Å². The predicted molar refractivity (Wildman–Crippen MR) is 383 cm³/mol. The van der Waals surface area contributed by atoms with Gasteiger partial charge in [-0.2, -0.15) is 0 Å². The fraction of sp³-hybridized carbons (Fsp3) is 0.803. The first kappa shape index (κ1) is 93.5. The summed E-state index contributed by atoms with van der Waals surface area (Å²) in [5.41, 5.74) is 0. The highest BCUT2D eigenvalue weighted by atomic mass is 16.5. The predicted octanol–water partition coefficient (Wildman–Crippen LogP) is 2.13. The van der Waals surface area contributed by atoms with Crippen molar-refractivity contribution >= 4 is 82.8 Å². The summed E-state index contributed by atoms with van der Waals surface area (Å²) in [5, 5.41) is 39.6. The Kier molecular flexibility index (Phi) is 41.5. The highest BCUT2D eigenvalue weighted by Crippen LogP contribution is 2.23. The lowest BCUT2D eigenvalue weighted by Crippen LogP contribution is -2.60. The van der Waals surface area contributed by atoms with Crippen molar-refractivity contribution in [1.29, 1.82) is 0 Å². The Morgan fingerprint density at radius 1 is 0.406 bits per heavy atom. The van der Waals surface area contributed by atoms with Gasteiger partial charge < -0.3 is 81.6 Å². The number of hydrogen-bond acceptors (Lipinski definition) is 16. The van der Waals surface area contributed by atoms with Gasteiger partial charge in [0, 0.05) is 75.3 Å². The first-order valence-corrected chi connectivity index (χ1v) is 35.8. The molecular formula is C71H129N13O17. The number of nitrogens with one attached hydrogen (secondary N) is 7. The van der Waals surface area contributed by atoms with E-state index in [0.29, 0.717) is 19.3 Å². The van der Waals surface area contributed by atoms with Crippen molar-refractivity contribution in [3.05, 3.63) is 0 Å². The van der Waals surface area contributed by atoms with E-state index in [1.165, 1.54) is 89.8 Å². The molecule has 0 spiro atoms. The average molecular weight is 1440 g/mol. The number of carbonyl (C=O) groups is 14. The van der Waals surface area contributed by atoms with Crippen LogP contribution in [0.2, 0.25) is 0 Å². The van der Waals surface area contributed by atoms with Gasteiger partial charge in [0.15, 0.2) is 0 Å². The highest BCUT2D eigenvalue weighted by Gasteiger charge is 2.43. The Morgan fingerprint density at radius 2 is 0.842 bits per heavy atom. The molecule has 101 heavy (non-hydrogen) atoms. The second-order valence-electron chi connectivity index (χ2n) is 29.4. The lowest BCUT2D eigenvalue weighted by atomic mass is 9.93. The van der Waals surface area contributed by atoms with E-state index in [1.807, 2.05) is 62.3 Å². The summed E-state index contributed by atoms with van der Waals surface area (Å²) in [6.07, 6.45) is -0.204.